The van der Waals surface area contributed by atoms with Crippen LogP contribution in [-0.2, 0) is 11.3 Å². The SMILES string of the molecule is CNC(=O)CN1CCC(NCc2ccc(Br)cc2F)CC1. The van der Waals surface area contributed by atoms with E-state index < -0.39 is 0 Å². The van der Waals surface area contributed by atoms with Crippen molar-refractivity contribution in [1.82, 2.24) is 15.5 Å². The van der Waals surface area contributed by atoms with E-state index in [-0.39, 0.29) is 11.7 Å². The van der Waals surface area contributed by atoms with E-state index in [9.17, 15) is 9.18 Å². The van der Waals surface area contributed by atoms with E-state index in [0.717, 1.165) is 30.4 Å². The van der Waals surface area contributed by atoms with Crippen LogP contribution in [0.3, 0.4) is 0 Å². The van der Waals surface area contributed by atoms with Gasteiger partial charge >= 0.3 is 0 Å². The molecule has 1 aromatic carbocycles. The summed E-state index contributed by atoms with van der Waals surface area (Å²) in [4.78, 5) is 13.5. The molecule has 0 bridgehead atoms. The van der Waals surface area contributed by atoms with Crippen LogP contribution in [0.4, 0.5) is 4.39 Å². The number of carbonyl (C=O) groups excluding carboxylic acids is 1. The lowest BCUT2D eigenvalue weighted by Gasteiger charge is -2.31. The van der Waals surface area contributed by atoms with Crippen LogP contribution in [0.5, 0.6) is 0 Å². The van der Waals surface area contributed by atoms with Crippen molar-refractivity contribution in [2.24, 2.45) is 0 Å². The zero-order chi connectivity index (χ0) is 15.2. The maximum absolute atomic E-state index is 13.7. The first-order valence-corrected chi connectivity index (χ1v) is 7.98. The van der Waals surface area contributed by atoms with Crippen LogP contribution in [0.1, 0.15) is 18.4 Å². The molecule has 0 unspecified atom stereocenters. The van der Waals surface area contributed by atoms with Crippen LogP contribution in [-0.4, -0.2) is 43.5 Å². The number of carbonyl (C=O) groups is 1. The Morgan fingerprint density at radius 3 is 2.76 bits per heavy atom. The minimum absolute atomic E-state index is 0.0540. The van der Waals surface area contributed by atoms with Crippen molar-refractivity contribution in [3.8, 4) is 0 Å². The minimum Gasteiger partial charge on any atom is -0.358 e. The second-order valence-electron chi connectivity index (χ2n) is 5.34. The van der Waals surface area contributed by atoms with Gasteiger partial charge in [-0.05, 0) is 25.0 Å². The monoisotopic (exact) mass is 357 g/mol. The third-order valence-electron chi connectivity index (χ3n) is 3.83. The van der Waals surface area contributed by atoms with E-state index in [0.29, 0.717) is 24.7 Å². The number of nitrogens with zero attached hydrogens (tertiary/aromatic N) is 1. The Bertz CT molecular complexity index is 490. The van der Waals surface area contributed by atoms with Crippen molar-refractivity contribution in [2.45, 2.75) is 25.4 Å². The zero-order valence-electron chi connectivity index (χ0n) is 12.2. The first-order valence-electron chi connectivity index (χ1n) is 7.18. The highest BCUT2D eigenvalue weighted by Crippen LogP contribution is 2.16. The molecule has 0 atom stereocenters. The molecule has 1 aromatic rings. The Hall–Kier alpha value is -0.980. The van der Waals surface area contributed by atoms with E-state index in [1.807, 2.05) is 6.07 Å². The Kier molecular flexibility index (Phi) is 6.14. The summed E-state index contributed by atoms with van der Waals surface area (Å²) in [5, 5.41) is 6.04. The first-order chi connectivity index (χ1) is 10.1. The summed E-state index contributed by atoms with van der Waals surface area (Å²) in [7, 11) is 1.66. The summed E-state index contributed by atoms with van der Waals surface area (Å²) in [5.41, 5.74) is 0.686. The third-order valence-corrected chi connectivity index (χ3v) is 4.32. The molecule has 0 saturated carbocycles. The maximum Gasteiger partial charge on any atom is 0.233 e. The molecule has 1 aliphatic heterocycles. The van der Waals surface area contributed by atoms with Gasteiger partial charge < -0.3 is 10.6 Å². The van der Waals surface area contributed by atoms with E-state index in [2.05, 4.69) is 31.5 Å². The topological polar surface area (TPSA) is 44.4 Å². The summed E-state index contributed by atoms with van der Waals surface area (Å²) in [6.45, 7) is 2.80. The van der Waals surface area contributed by atoms with Crippen molar-refractivity contribution in [1.29, 1.82) is 0 Å². The molecule has 4 nitrogen and oxygen atoms in total. The summed E-state index contributed by atoms with van der Waals surface area (Å²) in [6.07, 6.45) is 1.96. The number of nitrogens with one attached hydrogen (secondary N) is 2. The summed E-state index contributed by atoms with van der Waals surface area (Å²) in [5.74, 6) is -0.132. The van der Waals surface area contributed by atoms with Crippen LogP contribution in [0, 0.1) is 5.82 Å². The van der Waals surface area contributed by atoms with Gasteiger partial charge in [0.15, 0.2) is 0 Å². The molecule has 6 heteroatoms. The lowest BCUT2D eigenvalue weighted by molar-refractivity contribution is -0.122. The molecule has 0 spiro atoms. The van der Waals surface area contributed by atoms with Crippen LogP contribution in [0.25, 0.3) is 0 Å². The Morgan fingerprint density at radius 2 is 2.14 bits per heavy atom. The largest absolute Gasteiger partial charge is 0.358 e. The second kappa shape index (κ2) is 7.87. The lowest BCUT2D eigenvalue weighted by Crippen LogP contribution is -2.45. The van der Waals surface area contributed by atoms with Crippen molar-refractivity contribution in [3.63, 3.8) is 0 Å². The molecule has 1 amide bonds. The number of hydrogen-bond donors (Lipinski definition) is 2. The van der Waals surface area contributed by atoms with Crippen molar-refractivity contribution in [2.75, 3.05) is 26.7 Å². The zero-order valence-corrected chi connectivity index (χ0v) is 13.7. The number of hydrogen-bond acceptors (Lipinski definition) is 3. The molecular formula is C15H21BrFN3O. The number of halogens is 2. The standard InChI is InChI=1S/C15H21BrFN3O/c1-18-15(21)10-20-6-4-13(5-7-20)19-9-11-2-3-12(16)8-14(11)17/h2-3,8,13,19H,4-7,9-10H2,1H3,(H,18,21). The van der Waals surface area contributed by atoms with Gasteiger partial charge in [-0.15, -0.1) is 0 Å². The normalized spacial score (nSPS) is 16.9. The highest BCUT2D eigenvalue weighted by Gasteiger charge is 2.20. The average molecular weight is 358 g/mol. The van der Waals surface area contributed by atoms with E-state index >= 15 is 0 Å². The van der Waals surface area contributed by atoms with Crippen molar-refractivity contribution in [3.05, 3.63) is 34.1 Å². The van der Waals surface area contributed by atoms with Gasteiger partial charge in [-0.3, -0.25) is 9.69 Å². The Morgan fingerprint density at radius 1 is 1.43 bits per heavy atom. The predicted octanol–water partition coefficient (Wildman–Crippen LogP) is 1.89. The molecule has 0 aromatic heterocycles. The summed E-state index contributed by atoms with van der Waals surface area (Å²) in [6, 6.07) is 5.52. The quantitative estimate of drug-likeness (QED) is 0.845. The van der Waals surface area contributed by atoms with Gasteiger partial charge in [0.1, 0.15) is 5.82 Å². The summed E-state index contributed by atoms with van der Waals surface area (Å²) >= 11 is 3.26. The number of rotatable bonds is 5. The van der Waals surface area contributed by atoms with Gasteiger partial charge in [-0.1, -0.05) is 22.0 Å². The maximum atomic E-state index is 13.7. The fourth-order valence-corrected chi connectivity index (χ4v) is 2.83. The molecule has 1 saturated heterocycles. The average Bonchev–Trinajstić information content (AvgIpc) is 2.48. The lowest BCUT2D eigenvalue weighted by atomic mass is 10.0. The van der Waals surface area contributed by atoms with Gasteiger partial charge in [0, 0.05) is 42.8 Å². The number of amides is 1. The van der Waals surface area contributed by atoms with Crippen LogP contribution in [0.2, 0.25) is 0 Å². The molecule has 1 fully saturated rings. The van der Waals surface area contributed by atoms with E-state index in [1.165, 1.54) is 6.07 Å². The molecule has 1 heterocycles. The van der Waals surface area contributed by atoms with Crippen molar-refractivity contribution >= 4 is 21.8 Å². The third kappa shape index (κ3) is 5.05. The predicted molar refractivity (Wildman–Crippen MR) is 84.5 cm³/mol. The van der Waals surface area contributed by atoms with Crippen LogP contribution >= 0.6 is 15.9 Å². The smallest absolute Gasteiger partial charge is 0.233 e. The molecule has 0 radical (unpaired) electrons. The van der Waals surface area contributed by atoms with Crippen LogP contribution in [0.15, 0.2) is 22.7 Å². The van der Waals surface area contributed by atoms with Gasteiger partial charge in [-0.2, -0.15) is 0 Å². The molecule has 0 aliphatic carbocycles. The molecule has 2 rings (SSSR count). The fraction of sp³-hybridized carbons (Fsp3) is 0.533. The fourth-order valence-electron chi connectivity index (χ4n) is 2.50. The Labute approximate surface area is 133 Å². The number of piperidine rings is 1. The van der Waals surface area contributed by atoms with E-state index in [1.54, 1.807) is 13.1 Å². The molecule has 21 heavy (non-hydrogen) atoms. The highest BCUT2D eigenvalue weighted by atomic mass is 79.9. The van der Waals surface area contributed by atoms with Crippen LogP contribution < -0.4 is 10.6 Å². The Balaban J connectivity index is 1.75. The first kappa shape index (κ1) is 16.4. The molecule has 1 aliphatic rings. The minimum atomic E-state index is -0.186. The van der Waals surface area contributed by atoms with Gasteiger partial charge in [0.05, 0.1) is 6.54 Å². The second-order valence-corrected chi connectivity index (χ2v) is 6.26. The summed E-state index contributed by atoms with van der Waals surface area (Å²) < 4.78 is 14.5. The number of likely N-dealkylation sites (N-methyl/N-ethyl adjacent to an activating group) is 1. The molecule has 2 N–H and O–H groups in total. The molecular weight excluding hydrogens is 337 g/mol. The van der Waals surface area contributed by atoms with Gasteiger partial charge in [-0.25, -0.2) is 4.39 Å². The van der Waals surface area contributed by atoms with Gasteiger partial charge in [0.25, 0.3) is 0 Å². The molecule has 116 valence electrons. The van der Waals surface area contributed by atoms with E-state index in [4.69, 9.17) is 0 Å². The number of likely N-dealkylation sites (tertiary alicyclic amines) is 1. The highest BCUT2D eigenvalue weighted by molar-refractivity contribution is 9.10. The van der Waals surface area contributed by atoms with Crippen molar-refractivity contribution < 1.29 is 9.18 Å². The number of benzene rings is 1. The van der Waals surface area contributed by atoms with Gasteiger partial charge in [0.2, 0.25) is 5.91 Å².